The topological polar surface area (TPSA) is 43.4 Å². The number of benzene rings is 2. The van der Waals surface area contributed by atoms with E-state index < -0.39 is 0 Å². The molecule has 0 atom stereocenters. The molecule has 0 bridgehead atoms. The molecule has 0 aliphatic rings. The van der Waals surface area contributed by atoms with E-state index in [1.165, 1.54) is 0 Å². The van der Waals surface area contributed by atoms with Crippen molar-refractivity contribution in [3.63, 3.8) is 0 Å². The molecule has 0 saturated carbocycles. The second-order valence-corrected chi connectivity index (χ2v) is 4.85. The quantitative estimate of drug-likeness (QED) is 0.696. The largest absolute Gasteiger partial charge is 0.438 e. The van der Waals surface area contributed by atoms with Crippen LogP contribution in [0.15, 0.2) is 60.8 Å². The van der Waals surface area contributed by atoms with Gasteiger partial charge in [-0.2, -0.15) is 0 Å². The zero-order valence-corrected chi connectivity index (χ0v) is 12.5. The van der Waals surface area contributed by atoms with E-state index in [0.29, 0.717) is 12.5 Å². The van der Waals surface area contributed by atoms with Crippen LogP contribution in [0.1, 0.15) is 0 Å². The molecule has 0 amide bonds. The smallest absolute Gasteiger partial charge is 0.229 e. The van der Waals surface area contributed by atoms with Crippen LogP contribution in [-0.2, 0) is 4.74 Å². The van der Waals surface area contributed by atoms with Crippen LogP contribution in [0.5, 0.6) is 11.6 Å². The third kappa shape index (κ3) is 3.18. The maximum absolute atomic E-state index is 5.96. The summed E-state index contributed by atoms with van der Waals surface area (Å²) >= 11 is 0. The van der Waals surface area contributed by atoms with Gasteiger partial charge in [0.25, 0.3) is 0 Å². The van der Waals surface area contributed by atoms with Crippen molar-refractivity contribution in [3.05, 3.63) is 60.8 Å². The molecule has 0 aliphatic carbocycles. The molecule has 0 aliphatic heterocycles. The Morgan fingerprint density at radius 1 is 1.00 bits per heavy atom. The highest BCUT2D eigenvalue weighted by Crippen LogP contribution is 2.33. The summed E-state index contributed by atoms with van der Waals surface area (Å²) in [6, 6.07) is 17.8. The predicted octanol–water partition coefficient (Wildman–Crippen LogP) is 4.09. The van der Waals surface area contributed by atoms with Crippen molar-refractivity contribution in [2.75, 3.05) is 25.6 Å². The molecule has 1 aromatic heterocycles. The van der Waals surface area contributed by atoms with Gasteiger partial charge in [-0.1, -0.05) is 30.3 Å². The number of pyridine rings is 1. The van der Waals surface area contributed by atoms with E-state index >= 15 is 0 Å². The molecule has 0 spiro atoms. The number of methoxy groups -OCH3 is 1. The van der Waals surface area contributed by atoms with Crippen molar-refractivity contribution in [2.45, 2.75) is 0 Å². The number of nitrogens with zero attached hydrogens (tertiary/aromatic N) is 1. The molecule has 0 radical (unpaired) electrons. The molecular weight excluding hydrogens is 276 g/mol. The maximum atomic E-state index is 5.96. The second-order valence-electron chi connectivity index (χ2n) is 4.85. The van der Waals surface area contributed by atoms with E-state index in [9.17, 15) is 0 Å². The average molecular weight is 294 g/mol. The summed E-state index contributed by atoms with van der Waals surface area (Å²) in [5.74, 6) is 1.37. The number of hydrogen-bond donors (Lipinski definition) is 1. The Morgan fingerprint density at radius 2 is 1.86 bits per heavy atom. The minimum absolute atomic E-state index is 0.601. The Balaban J connectivity index is 1.98. The zero-order chi connectivity index (χ0) is 15.2. The standard InChI is InChI=1S/C18H18N2O2/c1-21-13-12-19-16-9-5-6-14-10-11-20-18(17(14)16)22-15-7-3-2-4-8-15/h2-11,19H,12-13H2,1H3. The first kappa shape index (κ1) is 14.4. The van der Waals surface area contributed by atoms with E-state index in [0.717, 1.165) is 28.8 Å². The Morgan fingerprint density at radius 3 is 2.68 bits per heavy atom. The highest BCUT2D eigenvalue weighted by molar-refractivity contribution is 5.97. The number of rotatable bonds is 6. The van der Waals surface area contributed by atoms with Gasteiger partial charge in [0.2, 0.25) is 5.88 Å². The van der Waals surface area contributed by atoms with E-state index in [4.69, 9.17) is 9.47 Å². The second kappa shape index (κ2) is 6.91. The minimum atomic E-state index is 0.601. The lowest BCUT2D eigenvalue weighted by molar-refractivity contribution is 0.211. The molecule has 3 aromatic rings. The normalized spacial score (nSPS) is 10.6. The number of ether oxygens (including phenoxy) is 2. The Labute approximate surface area is 129 Å². The third-order valence-electron chi connectivity index (χ3n) is 3.34. The Bertz CT molecular complexity index is 739. The Kier molecular flexibility index (Phi) is 4.51. The van der Waals surface area contributed by atoms with Crippen LogP contribution < -0.4 is 10.1 Å². The monoisotopic (exact) mass is 294 g/mol. The first-order chi connectivity index (χ1) is 10.9. The summed E-state index contributed by atoms with van der Waals surface area (Å²) in [5, 5.41) is 5.43. The van der Waals surface area contributed by atoms with E-state index in [1.54, 1.807) is 13.3 Å². The number of nitrogens with one attached hydrogen (secondary N) is 1. The van der Waals surface area contributed by atoms with Gasteiger partial charge in [0.05, 0.1) is 12.0 Å². The molecule has 0 saturated heterocycles. The summed E-state index contributed by atoms with van der Waals surface area (Å²) in [4.78, 5) is 4.40. The number of fused-ring (bicyclic) bond motifs is 1. The fraction of sp³-hybridized carbons (Fsp3) is 0.167. The lowest BCUT2D eigenvalue weighted by atomic mass is 10.1. The van der Waals surface area contributed by atoms with Crippen molar-refractivity contribution in [1.82, 2.24) is 4.98 Å². The van der Waals surface area contributed by atoms with Gasteiger partial charge >= 0.3 is 0 Å². The highest BCUT2D eigenvalue weighted by atomic mass is 16.5. The van der Waals surface area contributed by atoms with E-state index in [1.807, 2.05) is 48.5 Å². The molecule has 1 heterocycles. The molecular formula is C18H18N2O2. The van der Waals surface area contributed by atoms with Gasteiger partial charge < -0.3 is 14.8 Å². The molecule has 0 unspecified atom stereocenters. The molecule has 4 heteroatoms. The van der Waals surface area contributed by atoms with Crippen molar-refractivity contribution < 1.29 is 9.47 Å². The van der Waals surface area contributed by atoms with Crippen LogP contribution in [0.4, 0.5) is 5.69 Å². The third-order valence-corrected chi connectivity index (χ3v) is 3.34. The molecule has 2 aromatic carbocycles. The van der Waals surface area contributed by atoms with Gasteiger partial charge in [0, 0.05) is 25.5 Å². The molecule has 22 heavy (non-hydrogen) atoms. The number of anilines is 1. The summed E-state index contributed by atoms with van der Waals surface area (Å²) in [7, 11) is 1.69. The van der Waals surface area contributed by atoms with Gasteiger partial charge in [-0.05, 0) is 29.7 Å². The van der Waals surface area contributed by atoms with Gasteiger partial charge in [0.1, 0.15) is 5.75 Å². The van der Waals surface area contributed by atoms with Crippen molar-refractivity contribution in [2.24, 2.45) is 0 Å². The van der Waals surface area contributed by atoms with Crippen LogP contribution in [0.3, 0.4) is 0 Å². The SMILES string of the molecule is COCCNc1cccc2ccnc(Oc3ccccc3)c12. The average Bonchev–Trinajstić information content (AvgIpc) is 2.56. The van der Waals surface area contributed by atoms with Gasteiger partial charge in [0.15, 0.2) is 0 Å². The zero-order valence-electron chi connectivity index (χ0n) is 12.5. The lowest BCUT2D eigenvalue weighted by Crippen LogP contribution is -2.08. The number of hydrogen-bond acceptors (Lipinski definition) is 4. The molecule has 3 rings (SSSR count). The van der Waals surface area contributed by atoms with Gasteiger partial charge in [-0.3, -0.25) is 0 Å². The molecule has 112 valence electrons. The predicted molar refractivity (Wildman–Crippen MR) is 88.6 cm³/mol. The lowest BCUT2D eigenvalue weighted by Gasteiger charge is -2.13. The van der Waals surface area contributed by atoms with Crippen LogP contribution in [0.2, 0.25) is 0 Å². The molecule has 0 fully saturated rings. The van der Waals surface area contributed by atoms with Crippen LogP contribution in [0.25, 0.3) is 10.8 Å². The fourth-order valence-corrected chi connectivity index (χ4v) is 2.31. The Hall–Kier alpha value is -2.59. The summed E-state index contributed by atoms with van der Waals surface area (Å²) in [6.45, 7) is 1.38. The van der Waals surface area contributed by atoms with Gasteiger partial charge in [-0.15, -0.1) is 0 Å². The van der Waals surface area contributed by atoms with Crippen LogP contribution in [0, 0.1) is 0 Å². The van der Waals surface area contributed by atoms with Gasteiger partial charge in [-0.25, -0.2) is 4.98 Å². The van der Waals surface area contributed by atoms with Crippen LogP contribution >= 0.6 is 0 Å². The molecule has 4 nitrogen and oxygen atoms in total. The number of para-hydroxylation sites is 1. The summed E-state index contributed by atoms with van der Waals surface area (Å²) in [6.07, 6.45) is 1.76. The summed E-state index contributed by atoms with van der Waals surface area (Å²) < 4.78 is 11.0. The van der Waals surface area contributed by atoms with E-state index in [-0.39, 0.29) is 0 Å². The first-order valence-corrected chi connectivity index (χ1v) is 7.22. The van der Waals surface area contributed by atoms with Crippen LogP contribution in [-0.4, -0.2) is 25.2 Å². The highest BCUT2D eigenvalue weighted by Gasteiger charge is 2.09. The maximum Gasteiger partial charge on any atom is 0.229 e. The molecule has 1 N–H and O–H groups in total. The number of aromatic nitrogens is 1. The minimum Gasteiger partial charge on any atom is -0.438 e. The van der Waals surface area contributed by atoms with Crippen molar-refractivity contribution in [3.8, 4) is 11.6 Å². The van der Waals surface area contributed by atoms with Crippen molar-refractivity contribution in [1.29, 1.82) is 0 Å². The van der Waals surface area contributed by atoms with Crippen molar-refractivity contribution >= 4 is 16.5 Å². The first-order valence-electron chi connectivity index (χ1n) is 7.22. The van der Waals surface area contributed by atoms with E-state index in [2.05, 4.69) is 16.4 Å². The fourth-order valence-electron chi connectivity index (χ4n) is 2.31. The summed E-state index contributed by atoms with van der Waals surface area (Å²) in [5.41, 5.74) is 0.994.